The molecule has 1 aliphatic heterocycles. The second-order valence-electron chi connectivity index (χ2n) is 7.77. The molecule has 0 atom stereocenters. The summed E-state index contributed by atoms with van der Waals surface area (Å²) < 4.78 is 5.30. The standard InChI is InChI=1S/C19H29N5O/c1-6-15-11-17(22-18(21-15)19(3,4)5)24-9-7-23(8-10-24)12-16-13-25-14(2)20-16/h11,13H,6-10,12H2,1-5H3. The summed E-state index contributed by atoms with van der Waals surface area (Å²) in [6.07, 6.45) is 2.69. The summed E-state index contributed by atoms with van der Waals surface area (Å²) in [5, 5.41) is 0. The number of hydrogen-bond acceptors (Lipinski definition) is 6. The molecule has 0 bridgehead atoms. The summed E-state index contributed by atoms with van der Waals surface area (Å²) in [5.41, 5.74) is 2.10. The van der Waals surface area contributed by atoms with Gasteiger partial charge in [-0.25, -0.2) is 15.0 Å². The first-order valence-electron chi connectivity index (χ1n) is 9.12. The fraction of sp³-hybridized carbons (Fsp3) is 0.632. The number of hydrogen-bond donors (Lipinski definition) is 0. The van der Waals surface area contributed by atoms with Gasteiger partial charge >= 0.3 is 0 Å². The lowest BCUT2D eigenvalue weighted by molar-refractivity contribution is 0.246. The van der Waals surface area contributed by atoms with Crippen LogP contribution >= 0.6 is 0 Å². The average molecular weight is 343 g/mol. The normalized spacial score (nSPS) is 16.4. The molecule has 0 spiro atoms. The fourth-order valence-electron chi connectivity index (χ4n) is 3.01. The average Bonchev–Trinajstić information content (AvgIpc) is 2.99. The highest BCUT2D eigenvalue weighted by molar-refractivity contribution is 5.41. The molecular formula is C19H29N5O. The van der Waals surface area contributed by atoms with Crippen molar-refractivity contribution in [2.75, 3.05) is 31.1 Å². The second kappa shape index (κ2) is 7.12. The summed E-state index contributed by atoms with van der Waals surface area (Å²) in [5.74, 6) is 2.73. The zero-order chi connectivity index (χ0) is 18.0. The quantitative estimate of drug-likeness (QED) is 0.851. The number of anilines is 1. The predicted molar refractivity (Wildman–Crippen MR) is 98.8 cm³/mol. The van der Waals surface area contributed by atoms with Crippen molar-refractivity contribution < 1.29 is 4.42 Å². The lowest BCUT2D eigenvalue weighted by Crippen LogP contribution is -2.46. The maximum Gasteiger partial charge on any atom is 0.191 e. The van der Waals surface area contributed by atoms with E-state index in [0.717, 1.165) is 68.1 Å². The van der Waals surface area contributed by atoms with Gasteiger partial charge in [0, 0.05) is 56.8 Å². The van der Waals surface area contributed by atoms with E-state index >= 15 is 0 Å². The maximum atomic E-state index is 5.30. The molecule has 0 unspecified atom stereocenters. The molecule has 0 aliphatic carbocycles. The van der Waals surface area contributed by atoms with E-state index in [0.29, 0.717) is 0 Å². The van der Waals surface area contributed by atoms with Gasteiger partial charge in [0.1, 0.15) is 17.9 Å². The molecule has 3 heterocycles. The Hall–Kier alpha value is -1.95. The summed E-state index contributed by atoms with van der Waals surface area (Å²) >= 11 is 0. The predicted octanol–water partition coefficient (Wildman–Crippen LogP) is 2.96. The maximum absolute atomic E-state index is 5.30. The van der Waals surface area contributed by atoms with E-state index in [-0.39, 0.29) is 5.41 Å². The van der Waals surface area contributed by atoms with Crippen LogP contribution in [-0.2, 0) is 18.4 Å². The molecule has 6 nitrogen and oxygen atoms in total. The van der Waals surface area contributed by atoms with Gasteiger partial charge < -0.3 is 9.32 Å². The van der Waals surface area contributed by atoms with E-state index in [2.05, 4.69) is 48.5 Å². The Morgan fingerprint density at radius 2 is 1.76 bits per heavy atom. The third-order valence-corrected chi connectivity index (χ3v) is 4.55. The Labute approximate surface area is 150 Å². The fourth-order valence-corrected chi connectivity index (χ4v) is 3.01. The zero-order valence-corrected chi connectivity index (χ0v) is 16.0. The molecule has 0 amide bonds. The van der Waals surface area contributed by atoms with Crippen LogP contribution in [0.15, 0.2) is 16.7 Å². The minimum Gasteiger partial charge on any atom is -0.449 e. The van der Waals surface area contributed by atoms with Crippen molar-refractivity contribution in [3.05, 3.63) is 35.4 Å². The highest BCUT2D eigenvalue weighted by Crippen LogP contribution is 2.23. The molecule has 1 saturated heterocycles. The van der Waals surface area contributed by atoms with Crippen molar-refractivity contribution >= 4 is 5.82 Å². The van der Waals surface area contributed by atoms with E-state index in [1.54, 1.807) is 6.26 Å². The molecular weight excluding hydrogens is 314 g/mol. The Bertz CT molecular complexity index is 711. The molecule has 0 N–H and O–H groups in total. The van der Waals surface area contributed by atoms with Gasteiger partial charge in [-0.05, 0) is 6.42 Å². The number of aromatic nitrogens is 3. The van der Waals surface area contributed by atoms with E-state index < -0.39 is 0 Å². The summed E-state index contributed by atoms with van der Waals surface area (Å²) in [4.78, 5) is 18.8. The molecule has 1 fully saturated rings. The van der Waals surface area contributed by atoms with Gasteiger partial charge in [-0.15, -0.1) is 0 Å². The van der Waals surface area contributed by atoms with Crippen molar-refractivity contribution in [1.29, 1.82) is 0 Å². The monoisotopic (exact) mass is 343 g/mol. The molecule has 0 radical (unpaired) electrons. The van der Waals surface area contributed by atoms with Crippen LogP contribution in [0.1, 0.15) is 50.8 Å². The highest BCUT2D eigenvalue weighted by Gasteiger charge is 2.23. The lowest BCUT2D eigenvalue weighted by atomic mass is 9.95. The molecule has 2 aromatic heterocycles. The van der Waals surface area contributed by atoms with E-state index in [9.17, 15) is 0 Å². The first-order valence-corrected chi connectivity index (χ1v) is 9.12. The van der Waals surface area contributed by atoms with Crippen LogP contribution in [0.4, 0.5) is 5.82 Å². The molecule has 3 rings (SSSR count). The number of nitrogens with zero attached hydrogens (tertiary/aromatic N) is 5. The summed E-state index contributed by atoms with van der Waals surface area (Å²) in [6.45, 7) is 15.3. The van der Waals surface area contributed by atoms with Crippen molar-refractivity contribution in [1.82, 2.24) is 19.9 Å². The Morgan fingerprint density at radius 3 is 2.32 bits per heavy atom. The smallest absolute Gasteiger partial charge is 0.191 e. The molecule has 1 aliphatic rings. The number of piperazine rings is 1. The van der Waals surface area contributed by atoms with Gasteiger partial charge in [0.05, 0.1) is 5.69 Å². The number of oxazole rings is 1. The Balaban J connectivity index is 1.68. The van der Waals surface area contributed by atoms with Gasteiger partial charge in [-0.1, -0.05) is 27.7 Å². The van der Waals surface area contributed by atoms with Crippen LogP contribution in [0.5, 0.6) is 0 Å². The molecule has 0 saturated carbocycles. The largest absolute Gasteiger partial charge is 0.449 e. The third kappa shape index (κ3) is 4.37. The van der Waals surface area contributed by atoms with E-state index in [4.69, 9.17) is 14.4 Å². The number of aryl methyl sites for hydroxylation is 2. The van der Waals surface area contributed by atoms with Gasteiger partial charge in [0.2, 0.25) is 0 Å². The molecule has 136 valence electrons. The van der Waals surface area contributed by atoms with Crippen molar-refractivity contribution in [2.45, 2.75) is 53.0 Å². The molecule has 6 heteroatoms. The van der Waals surface area contributed by atoms with Crippen LogP contribution in [0.3, 0.4) is 0 Å². The van der Waals surface area contributed by atoms with Crippen LogP contribution in [0, 0.1) is 6.92 Å². The topological polar surface area (TPSA) is 58.3 Å². The van der Waals surface area contributed by atoms with E-state index in [1.165, 1.54) is 0 Å². The van der Waals surface area contributed by atoms with Crippen LogP contribution in [0.2, 0.25) is 0 Å². The zero-order valence-electron chi connectivity index (χ0n) is 16.0. The minimum absolute atomic E-state index is 0.0352. The van der Waals surface area contributed by atoms with Gasteiger partial charge in [0.25, 0.3) is 0 Å². The highest BCUT2D eigenvalue weighted by atomic mass is 16.3. The first kappa shape index (κ1) is 17.9. The lowest BCUT2D eigenvalue weighted by Gasteiger charge is -2.35. The van der Waals surface area contributed by atoms with Gasteiger partial charge in [-0.2, -0.15) is 0 Å². The van der Waals surface area contributed by atoms with Crippen LogP contribution in [0.25, 0.3) is 0 Å². The van der Waals surface area contributed by atoms with E-state index in [1.807, 2.05) is 6.92 Å². The first-order chi connectivity index (χ1) is 11.8. The van der Waals surface area contributed by atoms with Crippen molar-refractivity contribution in [2.24, 2.45) is 0 Å². The minimum atomic E-state index is -0.0352. The molecule has 0 aromatic carbocycles. The molecule has 2 aromatic rings. The van der Waals surface area contributed by atoms with Crippen molar-refractivity contribution in [3.8, 4) is 0 Å². The summed E-state index contributed by atoms with van der Waals surface area (Å²) in [7, 11) is 0. The Morgan fingerprint density at radius 1 is 1.04 bits per heavy atom. The van der Waals surface area contributed by atoms with Crippen LogP contribution < -0.4 is 4.90 Å². The van der Waals surface area contributed by atoms with Crippen molar-refractivity contribution in [3.63, 3.8) is 0 Å². The van der Waals surface area contributed by atoms with Gasteiger partial charge in [-0.3, -0.25) is 4.90 Å². The second-order valence-corrected chi connectivity index (χ2v) is 7.77. The van der Waals surface area contributed by atoms with Gasteiger partial charge in [0.15, 0.2) is 5.89 Å². The molecule has 25 heavy (non-hydrogen) atoms. The van der Waals surface area contributed by atoms with Crippen LogP contribution in [-0.4, -0.2) is 46.0 Å². The SMILES string of the molecule is CCc1cc(N2CCN(Cc3coc(C)n3)CC2)nc(C(C)(C)C)n1. The third-order valence-electron chi connectivity index (χ3n) is 4.55. The summed E-state index contributed by atoms with van der Waals surface area (Å²) in [6, 6.07) is 2.14. The Kier molecular flexibility index (Phi) is 5.08. The number of rotatable bonds is 4.